The molecule has 0 fully saturated rings. The number of ether oxygens (including phenoxy) is 1. The number of rotatable bonds is 5. The SMILES string of the molecule is COCc1nc(NN)cc(Nc2ccc(C)c(C)c2)n1. The molecule has 0 saturated carbocycles. The van der Waals surface area contributed by atoms with Gasteiger partial charge in [-0.1, -0.05) is 6.07 Å². The van der Waals surface area contributed by atoms with E-state index in [0.29, 0.717) is 24.1 Å². The first-order chi connectivity index (χ1) is 9.62. The van der Waals surface area contributed by atoms with E-state index in [2.05, 4.69) is 46.7 Å². The number of nitrogen functional groups attached to an aromatic ring is 1. The molecule has 6 nitrogen and oxygen atoms in total. The third-order valence-corrected chi connectivity index (χ3v) is 2.97. The Hall–Kier alpha value is -2.18. The number of methoxy groups -OCH3 is 1. The van der Waals surface area contributed by atoms with Gasteiger partial charge in [-0.05, 0) is 37.1 Å². The highest BCUT2D eigenvalue weighted by Gasteiger charge is 2.05. The van der Waals surface area contributed by atoms with Gasteiger partial charge in [0.25, 0.3) is 0 Å². The van der Waals surface area contributed by atoms with Gasteiger partial charge in [0.2, 0.25) is 0 Å². The molecule has 106 valence electrons. The third-order valence-electron chi connectivity index (χ3n) is 2.97. The minimum absolute atomic E-state index is 0.330. The van der Waals surface area contributed by atoms with E-state index in [0.717, 1.165) is 5.69 Å². The summed E-state index contributed by atoms with van der Waals surface area (Å²) in [5.41, 5.74) is 5.97. The lowest BCUT2D eigenvalue weighted by molar-refractivity contribution is 0.178. The van der Waals surface area contributed by atoms with Gasteiger partial charge in [0.1, 0.15) is 18.2 Å². The van der Waals surface area contributed by atoms with Crippen LogP contribution in [-0.2, 0) is 11.3 Å². The van der Waals surface area contributed by atoms with E-state index >= 15 is 0 Å². The molecular formula is C14H19N5O. The molecule has 0 spiro atoms. The van der Waals surface area contributed by atoms with Crippen LogP contribution >= 0.6 is 0 Å². The number of nitrogens with zero attached hydrogens (tertiary/aromatic N) is 2. The van der Waals surface area contributed by atoms with E-state index in [4.69, 9.17) is 10.6 Å². The molecule has 0 atom stereocenters. The Morgan fingerprint density at radius 2 is 1.85 bits per heavy atom. The third kappa shape index (κ3) is 3.43. The minimum Gasteiger partial charge on any atom is -0.377 e. The summed E-state index contributed by atoms with van der Waals surface area (Å²) in [4.78, 5) is 8.58. The minimum atomic E-state index is 0.330. The number of benzene rings is 1. The zero-order chi connectivity index (χ0) is 14.5. The molecule has 0 aliphatic carbocycles. The quantitative estimate of drug-likeness (QED) is 0.572. The average molecular weight is 273 g/mol. The molecule has 1 aromatic heterocycles. The second kappa shape index (κ2) is 6.31. The van der Waals surface area contributed by atoms with Gasteiger partial charge in [0.05, 0.1) is 0 Å². The highest BCUT2D eigenvalue weighted by molar-refractivity contribution is 5.60. The summed E-state index contributed by atoms with van der Waals surface area (Å²) in [5, 5.41) is 3.24. The first-order valence-electron chi connectivity index (χ1n) is 6.30. The van der Waals surface area contributed by atoms with Gasteiger partial charge in [-0.25, -0.2) is 15.8 Å². The van der Waals surface area contributed by atoms with E-state index in [1.54, 1.807) is 13.2 Å². The molecule has 2 aromatic rings. The van der Waals surface area contributed by atoms with E-state index in [1.165, 1.54) is 11.1 Å². The number of hydrogen-bond acceptors (Lipinski definition) is 6. The van der Waals surface area contributed by atoms with Gasteiger partial charge >= 0.3 is 0 Å². The summed E-state index contributed by atoms with van der Waals surface area (Å²) in [6.45, 7) is 4.48. The van der Waals surface area contributed by atoms with Crippen molar-refractivity contribution in [2.45, 2.75) is 20.5 Å². The van der Waals surface area contributed by atoms with Crippen molar-refractivity contribution in [1.82, 2.24) is 9.97 Å². The molecule has 20 heavy (non-hydrogen) atoms. The van der Waals surface area contributed by atoms with Crippen molar-refractivity contribution in [3.8, 4) is 0 Å². The molecule has 6 heteroatoms. The number of hydrogen-bond donors (Lipinski definition) is 3. The van der Waals surface area contributed by atoms with Crippen molar-refractivity contribution in [2.24, 2.45) is 5.84 Å². The van der Waals surface area contributed by atoms with E-state index in [9.17, 15) is 0 Å². The Morgan fingerprint density at radius 3 is 2.50 bits per heavy atom. The summed E-state index contributed by atoms with van der Waals surface area (Å²) >= 11 is 0. The van der Waals surface area contributed by atoms with E-state index in [-0.39, 0.29) is 0 Å². The summed E-state index contributed by atoms with van der Waals surface area (Å²) in [7, 11) is 1.60. The van der Waals surface area contributed by atoms with Crippen LogP contribution in [-0.4, -0.2) is 17.1 Å². The molecule has 0 unspecified atom stereocenters. The highest BCUT2D eigenvalue weighted by Crippen LogP contribution is 2.20. The summed E-state index contributed by atoms with van der Waals surface area (Å²) < 4.78 is 5.05. The largest absolute Gasteiger partial charge is 0.377 e. The normalized spacial score (nSPS) is 10.4. The van der Waals surface area contributed by atoms with Crippen LogP contribution in [0.3, 0.4) is 0 Å². The van der Waals surface area contributed by atoms with E-state index in [1.807, 2.05) is 6.07 Å². The molecule has 1 aromatic carbocycles. The molecule has 0 aliphatic heterocycles. The van der Waals surface area contributed by atoms with Gasteiger partial charge in [-0.2, -0.15) is 0 Å². The Labute approximate surface area is 118 Å². The standard InChI is InChI=1S/C14H19N5O/c1-9-4-5-11(6-10(9)2)16-12-7-13(19-15)18-14(17-12)8-20-3/h4-7H,8,15H2,1-3H3,(H2,16,17,18,19). The van der Waals surface area contributed by atoms with Crippen LogP contribution in [0.5, 0.6) is 0 Å². The smallest absolute Gasteiger partial charge is 0.158 e. The number of aromatic nitrogens is 2. The van der Waals surface area contributed by atoms with Gasteiger partial charge in [-0.3, -0.25) is 0 Å². The van der Waals surface area contributed by atoms with Crippen LogP contribution < -0.4 is 16.6 Å². The molecule has 0 radical (unpaired) electrons. The van der Waals surface area contributed by atoms with Crippen molar-refractivity contribution >= 4 is 17.3 Å². The van der Waals surface area contributed by atoms with Crippen molar-refractivity contribution in [3.05, 3.63) is 41.2 Å². The number of anilines is 3. The lowest BCUT2D eigenvalue weighted by atomic mass is 10.1. The monoisotopic (exact) mass is 273 g/mol. The molecule has 1 heterocycles. The Bertz CT molecular complexity index is 600. The Morgan fingerprint density at radius 1 is 1.10 bits per heavy atom. The van der Waals surface area contributed by atoms with Crippen molar-refractivity contribution in [1.29, 1.82) is 0 Å². The van der Waals surface area contributed by atoms with Crippen LogP contribution in [0, 0.1) is 13.8 Å². The predicted octanol–water partition coefficient (Wildman–Crippen LogP) is 2.27. The summed E-state index contributed by atoms with van der Waals surface area (Å²) in [5.74, 6) is 7.19. The molecular weight excluding hydrogens is 254 g/mol. The van der Waals surface area contributed by atoms with Crippen LogP contribution in [0.4, 0.5) is 17.3 Å². The number of hydrazine groups is 1. The summed E-state index contributed by atoms with van der Waals surface area (Å²) in [6, 6.07) is 7.89. The second-order valence-corrected chi connectivity index (χ2v) is 4.56. The predicted molar refractivity (Wildman–Crippen MR) is 79.8 cm³/mol. The summed E-state index contributed by atoms with van der Waals surface area (Å²) in [6.07, 6.45) is 0. The topological polar surface area (TPSA) is 85.1 Å². The van der Waals surface area contributed by atoms with Gasteiger partial charge in [-0.15, -0.1) is 0 Å². The fraction of sp³-hybridized carbons (Fsp3) is 0.286. The number of aryl methyl sites for hydroxylation is 2. The molecule has 0 bridgehead atoms. The maximum absolute atomic E-state index is 5.41. The van der Waals surface area contributed by atoms with Crippen LogP contribution in [0.2, 0.25) is 0 Å². The van der Waals surface area contributed by atoms with Crippen LogP contribution in [0.25, 0.3) is 0 Å². The maximum Gasteiger partial charge on any atom is 0.158 e. The van der Waals surface area contributed by atoms with E-state index < -0.39 is 0 Å². The first-order valence-corrected chi connectivity index (χ1v) is 6.30. The molecule has 0 aliphatic rings. The molecule has 2 rings (SSSR count). The average Bonchev–Trinajstić information content (AvgIpc) is 2.43. The maximum atomic E-state index is 5.41. The Balaban J connectivity index is 2.27. The fourth-order valence-corrected chi connectivity index (χ4v) is 1.80. The zero-order valence-electron chi connectivity index (χ0n) is 11.9. The number of nitrogens with two attached hydrogens (primary N) is 1. The van der Waals surface area contributed by atoms with Crippen molar-refractivity contribution in [3.63, 3.8) is 0 Å². The van der Waals surface area contributed by atoms with Crippen LogP contribution in [0.15, 0.2) is 24.3 Å². The van der Waals surface area contributed by atoms with Gasteiger partial charge in [0.15, 0.2) is 5.82 Å². The highest BCUT2D eigenvalue weighted by atomic mass is 16.5. The first kappa shape index (κ1) is 14.2. The van der Waals surface area contributed by atoms with Crippen molar-refractivity contribution in [2.75, 3.05) is 17.9 Å². The van der Waals surface area contributed by atoms with Crippen molar-refractivity contribution < 1.29 is 4.74 Å². The number of nitrogens with one attached hydrogen (secondary N) is 2. The van der Waals surface area contributed by atoms with Gasteiger partial charge < -0.3 is 15.5 Å². The van der Waals surface area contributed by atoms with Crippen LogP contribution in [0.1, 0.15) is 17.0 Å². The lowest BCUT2D eigenvalue weighted by Gasteiger charge is -2.10. The molecule has 0 saturated heterocycles. The zero-order valence-corrected chi connectivity index (χ0v) is 11.9. The second-order valence-electron chi connectivity index (χ2n) is 4.56. The van der Waals surface area contributed by atoms with Gasteiger partial charge in [0, 0.05) is 18.9 Å². The molecule has 4 N–H and O–H groups in total. The fourth-order valence-electron chi connectivity index (χ4n) is 1.80. The lowest BCUT2D eigenvalue weighted by Crippen LogP contribution is -2.11. The Kier molecular flexibility index (Phi) is 4.49. The molecule has 0 amide bonds.